The Morgan fingerprint density at radius 1 is 1.00 bits per heavy atom. The van der Waals surface area contributed by atoms with Crippen molar-refractivity contribution in [1.29, 1.82) is 0 Å². The molecule has 0 aliphatic carbocycles. The maximum atomic E-state index is 13.7. The smallest absolute Gasteiger partial charge is 0.162 e. The van der Waals surface area contributed by atoms with Gasteiger partial charge in [-0.05, 0) is 49.9 Å². The predicted molar refractivity (Wildman–Crippen MR) is 82.3 cm³/mol. The van der Waals surface area contributed by atoms with Gasteiger partial charge in [0.1, 0.15) is 0 Å². The zero-order valence-electron chi connectivity index (χ0n) is 12.3. The topological polar surface area (TPSA) is 12.0 Å². The van der Waals surface area contributed by atoms with Crippen LogP contribution in [0.2, 0.25) is 0 Å². The minimum absolute atomic E-state index is 0.157. The predicted octanol–water partition coefficient (Wildman–Crippen LogP) is 4.12. The second-order valence-corrected chi connectivity index (χ2v) is 5.28. The quantitative estimate of drug-likeness (QED) is 0.808. The summed E-state index contributed by atoms with van der Waals surface area (Å²) in [6.07, 6.45) is 3.47. The molecule has 0 spiro atoms. The van der Waals surface area contributed by atoms with E-state index < -0.39 is 11.6 Å². The van der Waals surface area contributed by atoms with Crippen LogP contribution in [0.5, 0.6) is 0 Å². The molecule has 3 heteroatoms. The molecule has 112 valence electrons. The fourth-order valence-electron chi connectivity index (χ4n) is 2.52. The summed E-state index contributed by atoms with van der Waals surface area (Å²) in [7, 11) is 1.87. The molecule has 1 unspecified atom stereocenters. The molecule has 0 aliphatic heterocycles. The van der Waals surface area contributed by atoms with Gasteiger partial charge in [0.2, 0.25) is 0 Å². The van der Waals surface area contributed by atoms with Crippen molar-refractivity contribution in [3.63, 3.8) is 0 Å². The van der Waals surface area contributed by atoms with Crippen molar-refractivity contribution in [3.8, 4) is 0 Å². The second kappa shape index (κ2) is 7.89. The van der Waals surface area contributed by atoms with E-state index >= 15 is 0 Å². The SMILES string of the molecule is CNC(CCCc1ccccc1)Cc1cccc(F)c1F. The highest BCUT2D eigenvalue weighted by atomic mass is 19.2. The Labute approximate surface area is 125 Å². The first-order chi connectivity index (χ1) is 10.2. The Kier molecular flexibility index (Phi) is 5.88. The van der Waals surface area contributed by atoms with Gasteiger partial charge < -0.3 is 5.32 Å². The Bertz CT molecular complexity index is 554. The van der Waals surface area contributed by atoms with Crippen molar-refractivity contribution < 1.29 is 8.78 Å². The van der Waals surface area contributed by atoms with E-state index in [0.717, 1.165) is 25.3 Å². The van der Waals surface area contributed by atoms with Crippen LogP contribution in [0.3, 0.4) is 0 Å². The summed E-state index contributed by atoms with van der Waals surface area (Å²) < 4.78 is 26.9. The number of nitrogens with one attached hydrogen (secondary N) is 1. The third-order valence-electron chi connectivity index (χ3n) is 3.77. The first kappa shape index (κ1) is 15.6. The van der Waals surface area contributed by atoms with Crippen LogP contribution in [0.25, 0.3) is 0 Å². The molecule has 0 saturated heterocycles. The molecule has 0 aliphatic rings. The summed E-state index contributed by atoms with van der Waals surface area (Å²) >= 11 is 0. The van der Waals surface area contributed by atoms with Gasteiger partial charge in [-0.2, -0.15) is 0 Å². The molecule has 2 aromatic rings. The second-order valence-electron chi connectivity index (χ2n) is 5.28. The largest absolute Gasteiger partial charge is 0.317 e. The average molecular weight is 289 g/mol. The van der Waals surface area contributed by atoms with E-state index in [2.05, 4.69) is 17.4 Å². The molecule has 2 rings (SSSR count). The highest BCUT2D eigenvalue weighted by Crippen LogP contribution is 2.15. The third kappa shape index (κ3) is 4.64. The Balaban J connectivity index is 1.87. The third-order valence-corrected chi connectivity index (χ3v) is 3.77. The Morgan fingerprint density at radius 2 is 1.76 bits per heavy atom. The van der Waals surface area contributed by atoms with Gasteiger partial charge in [-0.1, -0.05) is 42.5 Å². The maximum absolute atomic E-state index is 13.7. The lowest BCUT2D eigenvalue weighted by Crippen LogP contribution is -2.28. The van der Waals surface area contributed by atoms with Crippen LogP contribution >= 0.6 is 0 Å². The molecule has 0 fully saturated rings. The fourth-order valence-corrected chi connectivity index (χ4v) is 2.52. The highest BCUT2D eigenvalue weighted by molar-refractivity contribution is 5.20. The molecule has 0 heterocycles. The van der Waals surface area contributed by atoms with Crippen LogP contribution in [0.1, 0.15) is 24.0 Å². The zero-order valence-corrected chi connectivity index (χ0v) is 12.3. The Morgan fingerprint density at radius 3 is 2.48 bits per heavy atom. The first-order valence-electron chi connectivity index (χ1n) is 7.34. The van der Waals surface area contributed by atoms with Crippen molar-refractivity contribution in [2.75, 3.05) is 7.05 Å². The molecule has 0 aromatic heterocycles. The van der Waals surface area contributed by atoms with Crippen molar-refractivity contribution in [3.05, 3.63) is 71.3 Å². The van der Waals surface area contributed by atoms with E-state index in [1.54, 1.807) is 12.1 Å². The zero-order chi connectivity index (χ0) is 15.1. The summed E-state index contributed by atoms with van der Waals surface area (Å²) in [5.74, 6) is -1.49. The summed E-state index contributed by atoms with van der Waals surface area (Å²) in [6.45, 7) is 0. The molecule has 21 heavy (non-hydrogen) atoms. The van der Waals surface area contributed by atoms with Gasteiger partial charge >= 0.3 is 0 Å². The standard InChI is InChI=1S/C18H21F2N/c1-21-16(11-5-9-14-7-3-2-4-8-14)13-15-10-6-12-17(19)18(15)20/h2-4,6-8,10,12,16,21H,5,9,11,13H2,1H3. The van der Waals surface area contributed by atoms with Crippen LogP contribution in [0.4, 0.5) is 8.78 Å². The molecule has 1 N–H and O–H groups in total. The summed E-state index contributed by atoms with van der Waals surface area (Å²) in [5.41, 5.74) is 1.75. The van der Waals surface area contributed by atoms with Gasteiger partial charge in [-0.25, -0.2) is 8.78 Å². The van der Waals surface area contributed by atoms with Gasteiger partial charge in [-0.15, -0.1) is 0 Å². The number of hydrogen-bond donors (Lipinski definition) is 1. The summed E-state index contributed by atoms with van der Waals surface area (Å²) in [5, 5.41) is 3.19. The average Bonchev–Trinajstić information content (AvgIpc) is 2.51. The van der Waals surface area contributed by atoms with Crippen LogP contribution in [0, 0.1) is 11.6 Å². The Hall–Kier alpha value is -1.74. The van der Waals surface area contributed by atoms with Crippen LogP contribution in [-0.4, -0.2) is 13.1 Å². The molecule has 0 bridgehead atoms. The summed E-state index contributed by atoms with van der Waals surface area (Å²) in [4.78, 5) is 0. The number of halogens is 2. The number of benzene rings is 2. The van der Waals surface area contributed by atoms with Gasteiger partial charge in [0, 0.05) is 6.04 Å². The van der Waals surface area contributed by atoms with Gasteiger partial charge in [0.25, 0.3) is 0 Å². The van der Waals surface area contributed by atoms with Crippen molar-refractivity contribution in [1.82, 2.24) is 5.32 Å². The maximum Gasteiger partial charge on any atom is 0.162 e. The number of hydrogen-bond acceptors (Lipinski definition) is 1. The minimum Gasteiger partial charge on any atom is -0.317 e. The van der Waals surface area contributed by atoms with Crippen molar-refractivity contribution in [2.45, 2.75) is 31.7 Å². The van der Waals surface area contributed by atoms with E-state index in [4.69, 9.17) is 0 Å². The fraction of sp³-hybridized carbons (Fsp3) is 0.333. The van der Waals surface area contributed by atoms with E-state index in [1.807, 2.05) is 25.2 Å². The molecule has 2 aromatic carbocycles. The number of likely N-dealkylation sites (N-methyl/N-ethyl adjacent to an activating group) is 1. The van der Waals surface area contributed by atoms with Gasteiger partial charge in [0.15, 0.2) is 11.6 Å². The van der Waals surface area contributed by atoms with Crippen LogP contribution < -0.4 is 5.32 Å². The van der Waals surface area contributed by atoms with E-state index in [9.17, 15) is 8.78 Å². The molecular formula is C18H21F2N. The van der Waals surface area contributed by atoms with E-state index in [0.29, 0.717) is 12.0 Å². The monoisotopic (exact) mass is 289 g/mol. The molecule has 0 saturated carbocycles. The highest BCUT2D eigenvalue weighted by Gasteiger charge is 2.13. The van der Waals surface area contributed by atoms with E-state index in [-0.39, 0.29) is 6.04 Å². The first-order valence-corrected chi connectivity index (χ1v) is 7.34. The molecular weight excluding hydrogens is 268 g/mol. The molecule has 1 atom stereocenters. The minimum atomic E-state index is -0.772. The molecule has 0 radical (unpaired) electrons. The van der Waals surface area contributed by atoms with Gasteiger partial charge in [0.05, 0.1) is 0 Å². The van der Waals surface area contributed by atoms with E-state index in [1.165, 1.54) is 5.56 Å². The molecule has 0 amide bonds. The molecule has 1 nitrogen and oxygen atoms in total. The lowest BCUT2D eigenvalue weighted by atomic mass is 9.99. The van der Waals surface area contributed by atoms with Crippen molar-refractivity contribution in [2.24, 2.45) is 0 Å². The lowest BCUT2D eigenvalue weighted by molar-refractivity contribution is 0.466. The lowest BCUT2D eigenvalue weighted by Gasteiger charge is -2.16. The van der Waals surface area contributed by atoms with Crippen LogP contribution in [0.15, 0.2) is 48.5 Å². The van der Waals surface area contributed by atoms with Crippen molar-refractivity contribution >= 4 is 0 Å². The normalized spacial score (nSPS) is 12.3. The van der Waals surface area contributed by atoms with Crippen LogP contribution in [-0.2, 0) is 12.8 Å². The van der Waals surface area contributed by atoms with Gasteiger partial charge in [-0.3, -0.25) is 0 Å². The summed E-state index contributed by atoms with van der Waals surface area (Å²) in [6, 6.07) is 14.8. The number of rotatable bonds is 7. The number of aryl methyl sites for hydroxylation is 1.